The summed E-state index contributed by atoms with van der Waals surface area (Å²) in [5, 5.41) is 0.638. The van der Waals surface area contributed by atoms with Crippen LogP contribution in [0.3, 0.4) is 0 Å². The predicted octanol–water partition coefficient (Wildman–Crippen LogP) is 2.04. The van der Waals surface area contributed by atoms with Crippen LogP contribution in [0.5, 0.6) is 11.5 Å². The van der Waals surface area contributed by atoms with Gasteiger partial charge in [0.1, 0.15) is 0 Å². The van der Waals surface area contributed by atoms with E-state index in [-0.39, 0.29) is 6.79 Å². The molecule has 14 heavy (non-hydrogen) atoms. The summed E-state index contributed by atoms with van der Waals surface area (Å²) in [6, 6.07) is 3.58. The molecule has 74 valence electrons. The van der Waals surface area contributed by atoms with Crippen molar-refractivity contribution in [3.63, 3.8) is 0 Å². The molecule has 4 heteroatoms. The Morgan fingerprint density at radius 2 is 2.29 bits per heavy atom. The van der Waals surface area contributed by atoms with Gasteiger partial charge in [0.25, 0.3) is 0 Å². The van der Waals surface area contributed by atoms with E-state index < -0.39 is 0 Å². The van der Waals surface area contributed by atoms with E-state index in [9.17, 15) is 0 Å². The number of hydrogen-bond donors (Lipinski definition) is 1. The first-order valence-corrected chi connectivity index (χ1v) is 4.65. The number of halogens is 1. The first-order chi connectivity index (χ1) is 6.83. The molecule has 0 aromatic heterocycles. The Kier molecular flexibility index (Phi) is 2.61. The van der Waals surface area contributed by atoms with Gasteiger partial charge in [-0.25, -0.2) is 0 Å². The number of nitrogens with two attached hydrogens (primary N) is 1. The molecule has 1 aliphatic heterocycles. The zero-order valence-corrected chi connectivity index (χ0v) is 8.25. The minimum absolute atomic E-state index is 0.249. The second-order valence-corrected chi connectivity index (χ2v) is 3.24. The lowest BCUT2D eigenvalue weighted by atomic mass is 10.1. The molecule has 1 aromatic rings. The molecule has 0 aliphatic carbocycles. The predicted molar refractivity (Wildman–Crippen MR) is 55.7 cm³/mol. The maximum Gasteiger partial charge on any atom is 0.231 e. The number of rotatable bonds is 2. The van der Waals surface area contributed by atoms with Crippen LogP contribution in [0, 0.1) is 0 Å². The van der Waals surface area contributed by atoms with Crippen molar-refractivity contribution in [2.75, 3.05) is 13.3 Å². The van der Waals surface area contributed by atoms with Crippen LogP contribution in [0.4, 0.5) is 0 Å². The summed E-state index contributed by atoms with van der Waals surface area (Å²) in [7, 11) is 0. The molecule has 0 spiro atoms. The SMILES string of the molecule is NC/C=C/c1c(Cl)ccc2c1OCO2. The molecule has 0 amide bonds. The van der Waals surface area contributed by atoms with E-state index in [0.717, 1.165) is 11.3 Å². The van der Waals surface area contributed by atoms with Crippen LogP contribution in [0.1, 0.15) is 5.56 Å². The zero-order valence-electron chi connectivity index (χ0n) is 7.50. The smallest absolute Gasteiger partial charge is 0.231 e. The Labute approximate surface area is 87.1 Å². The molecule has 0 radical (unpaired) electrons. The Bertz CT molecular complexity index is 377. The van der Waals surface area contributed by atoms with E-state index >= 15 is 0 Å². The first-order valence-electron chi connectivity index (χ1n) is 4.27. The van der Waals surface area contributed by atoms with Crippen molar-refractivity contribution in [1.82, 2.24) is 0 Å². The van der Waals surface area contributed by atoms with Gasteiger partial charge in [-0.05, 0) is 12.1 Å². The van der Waals surface area contributed by atoms with E-state index in [2.05, 4.69) is 0 Å². The zero-order chi connectivity index (χ0) is 9.97. The van der Waals surface area contributed by atoms with Gasteiger partial charge in [0, 0.05) is 12.1 Å². The summed E-state index contributed by atoms with van der Waals surface area (Å²) >= 11 is 6.02. The Hall–Kier alpha value is -1.19. The fraction of sp³-hybridized carbons (Fsp3) is 0.200. The fourth-order valence-electron chi connectivity index (χ4n) is 1.31. The fourth-order valence-corrected chi connectivity index (χ4v) is 1.52. The van der Waals surface area contributed by atoms with Gasteiger partial charge >= 0.3 is 0 Å². The van der Waals surface area contributed by atoms with Crippen molar-refractivity contribution in [2.24, 2.45) is 5.73 Å². The lowest BCUT2D eigenvalue weighted by Crippen LogP contribution is -1.94. The van der Waals surface area contributed by atoms with Gasteiger partial charge in [0.2, 0.25) is 6.79 Å². The van der Waals surface area contributed by atoms with Crippen LogP contribution < -0.4 is 15.2 Å². The second-order valence-electron chi connectivity index (χ2n) is 2.83. The van der Waals surface area contributed by atoms with Gasteiger partial charge < -0.3 is 15.2 Å². The third-order valence-electron chi connectivity index (χ3n) is 1.95. The molecule has 3 nitrogen and oxygen atoms in total. The highest BCUT2D eigenvalue weighted by Gasteiger charge is 2.18. The van der Waals surface area contributed by atoms with Crippen molar-refractivity contribution in [2.45, 2.75) is 0 Å². The highest BCUT2D eigenvalue weighted by Crippen LogP contribution is 2.39. The molecular formula is C10H10ClNO2. The van der Waals surface area contributed by atoms with E-state index in [1.54, 1.807) is 12.1 Å². The number of hydrogen-bond acceptors (Lipinski definition) is 3. The number of ether oxygens (including phenoxy) is 2. The van der Waals surface area contributed by atoms with Gasteiger partial charge in [-0.1, -0.05) is 23.8 Å². The highest BCUT2D eigenvalue weighted by atomic mass is 35.5. The van der Waals surface area contributed by atoms with Crippen LogP contribution in [0.15, 0.2) is 18.2 Å². The molecule has 0 fully saturated rings. The molecule has 2 rings (SSSR count). The summed E-state index contributed by atoms with van der Waals surface area (Å²) in [6.07, 6.45) is 3.67. The van der Waals surface area contributed by atoms with E-state index in [1.165, 1.54) is 0 Å². The van der Waals surface area contributed by atoms with Crippen LogP contribution in [0.2, 0.25) is 5.02 Å². The van der Waals surface area contributed by atoms with Crippen molar-refractivity contribution in [3.05, 3.63) is 28.8 Å². The normalized spacial score (nSPS) is 13.9. The third kappa shape index (κ3) is 1.56. The van der Waals surface area contributed by atoms with Crippen LogP contribution in [-0.4, -0.2) is 13.3 Å². The molecular weight excluding hydrogens is 202 g/mol. The Morgan fingerprint density at radius 3 is 3.07 bits per heavy atom. The van der Waals surface area contributed by atoms with Crippen LogP contribution >= 0.6 is 11.6 Å². The monoisotopic (exact) mass is 211 g/mol. The van der Waals surface area contributed by atoms with Gasteiger partial charge in [0.15, 0.2) is 11.5 Å². The summed E-state index contributed by atoms with van der Waals surface area (Å²) in [5.74, 6) is 1.42. The Morgan fingerprint density at radius 1 is 1.43 bits per heavy atom. The van der Waals surface area contributed by atoms with Crippen molar-refractivity contribution >= 4 is 17.7 Å². The van der Waals surface area contributed by atoms with E-state index in [0.29, 0.717) is 17.3 Å². The van der Waals surface area contributed by atoms with E-state index in [4.69, 9.17) is 26.8 Å². The third-order valence-corrected chi connectivity index (χ3v) is 2.27. The molecule has 0 saturated carbocycles. The average molecular weight is 212 g/mol. The first kappa shape index (κ1) is 9.37. The maximum absolute atomic E-state index is 6.02. The molecule has 1 aromatic carbocycles. The summed E-state index contributed by atoms with van der Waals surface area (Å²) in [6.45, 7) is 0.722. The van der Waals surface area contributed by atoms with Crippen LogP contribution in [-0.2, 0) is 0 Å². The Balaban J connectivity index is 2.46. The number of fused-ring (bicyclic) bond motifs is 1. The molecule has 1 heterocycles. The van der Waals surface area contributed by atoms with Crippen molar-refractivity contribution in [3.8, 4) is 11.5 Å². The second kappa shape index (κ2) is 3.90. The molecule has 0 bridgehead atoms. The summed E-state index contributed by atoms with van der Waals surface area (Å²) in [5.41, 5.74) is 6.20. The molecule has 1 aliphatic rings. The lowest BCUT2D eigenvalue weighted by Gasteiger charge is -2.02. The van der Waals surface area contributed by atoms with Crippen molar-refractivity contribution in [1.29, 1.82) is 0 Å². The quantitative estimate of drug-likeness (QED) is 0.814. The highest BCUT2D eigenvalue weighted by molar-refractivity contribution is 6.32. The molecule has 0 unspecified atom stereocenters. The molecule has 0 atom stereocenters. The lowest BCUT2D eigenvalue weighted by molar-refractivity contribution is 0.174. The van der Waals surface area contributed by atoms with Crippen LogP contribution in [0.25, 0.3) is 6.08 Å². The molecule has 0 saturated heterocycles. The maximum atomic E-state index is 6.02. The minimum atomic E-state index is 0.249. The minimum Gasteiger partial charge on any atom is -0.454 e. The molecule has 2 N–H and O–H groups in total. The standard InChI is InChI=1S/C10H10ClNO2/c11-8-3-4-9-10(14-6-13-9)7(8)2-1-5-12/h1-4H,5-6,12H2/b2-1+. The largest absolute Gasteiger partial charge is 0.454 e. The summed E-state index contributed by atoms with van der Waals surface area (Å²) in [4.78, 5) is 0. The summed E-state index contributed by atoms with van der Waals surface area (Å²) < 4.78 is 10.5. The topological polar surface area (TPSA) is 44.5 Å². The van der Waals surface area contributed by atoms with Gasteiger partial charge in [-0.2, -0.15) is 0 Å². The van der Waals surface area contributed by atoms with E-state index in [1.807, 2.05) is 12.2 Å². The van der Waals surface area contributed by atoms with Gasteiger partial charge in [0.05, 0.1) is 5.02 Å². The van der Waals surface area contributed by atoms with Gasteiger partial charge in [-0.15, -0.1) is 0 Å². The average Bonchev–Trinajstić information content (AvgIpc) is 2.64. The van der Waals surface area contributed by atoms with Crippen molar-refractivity contribution < 1.29 is 9.47 Å². The van der Waals surface area contributed by atoms with Gasteiger partial charge in [-0.3, -0.25) is 0 Å². The number of benzene rings is 1.